The molecule has 2 aromatic carbocycles. The van der Waals surface area contributed by atoms with Crippen LogP contribution >= 0.6 is 22.6 Å². The van der Waals surface area contributed by atoms with Gasteiger partial charge in [0, 0.05) is 24.9 Å². The Kier molecular flexibility index (Phi) is 8.57. The molecular formula is C23H22IN3O7. The molecule has 3 rings (SSSR count). The first-order valence-electron chi connectivity index (χ1n) is 10.4. The Morgan fingerprint density at radius 2 is 1.74 bits per heavy atom. The van der Waals surface area contributed by atoms with Crippen molar-refractivity contribution in [1.29, 1.82) is 0 Å². The van der Waals surface area contributed by atoms with Gasteiger partial charge in [0.05, 0.1) is 3.57 Å². The number of nitrogens with one attached hydrogen (secondary N) is 1. The molecule has 1 aliphatic heterocycles. The summed E-state index contributed by atoms with van der Waals surface area (Å²) in [7, 11) is 0. The fraction of sp³-hybridized carbons (Fsp3) is 0.261. The number of benzene rings is 2. The number of amides is 4. The van der Waals surface area contributed by atoms with Crippen LogP contribution in [0.3, 0.4) is 0 Å². The minimum atomic E-state index is -1.27. The molecule has 0 bridgehead atoms. The van der Waals surface area contributed by atoms with Crippen molar-refractivity contribution in [2.24, 2.45) is 0 Å². The number of nitrogens with two attached hydrogens (primary N) is 1. The van der Waals surface area contributed by atoms with E-state index in [1.54, 1.807) is 36.4 Å². The van der Waals surface area contributed by atoms with E-state index in [-0.39, 0.29) is 38.0 Å². The summed E-state index contributed by atoms with van der Waals surface area (Å²) in [5.41, 5.74) is 6.94. The van der Waals surface area contributed by atoms with E-state index < -0.39 is 35.8 Å². The van der Waals surface area contributed by atoms with Crippen LogP contribution in [0.2, 0.25) is 0 Å². The molecule has 0 spiro atoms. The number of halogens is 1. The van der Waals surface area contributed by atoms with Crippen molar-refractivity contribution in [3.63, 3.8) is 0 Å². The Morgan fingerprint density at radius 3 is 2.38 bits per heavy atom. The number of nitrogen functional groups attached to an aromatic ring is 1. The second-order valence-corrected chi connectivity index (χ2v) is 8.59. The summed E-state index contributed by atoms with van der Waals surface area (Å²) < 4.78 is 11.1. The highest BCUT2D eigenvalue weighted by molar-refractivity contribution is 14.1. The normalized spacial score (nSPS) is 14.0. The van der Waals surface area contributed by atoms with Gasteiger partial charge in [-0.25, -0.2) is 14.5 Å². The zero-order valence-corrected chi connectivity index (χ0v) is 20.1. The molecule has 2 aromatic rings. The number of hydrogen-bond acceptors (Lipinski definition) is 8. The summed E-state index contributed by atoms with van der Waals surface area (Å²) in [6.07, 6.45) is -1.50. The number of rotatable bonds is 8. The average Bonchev–Trinajstić information content (AvgIpc) is 3.15. The van der Waals surface area contributed by atoms with Gasteiger partial charge in [-0.15, -0.1) is 0 Å². The van der Waals surface area contributed by atoms with Crippen LogP contribution in [-0.4, -0.2) is 40.7 Å². The van der Waals surface area contributed by atoms with E-state index in [1.165, 1.54) is 6.07 Å². The lowest BCUT2D eigenvalue weighted by atomic mass is 10.1. The van der Waals surface area contributed by atoms with Crippen LogP contribution in [0.5, 0.6) is 5.75 Å². The molecule has 1 heterocycles. The van der Waals surface area contributed by atoms with Gasteiger partial charge in [0.2, 0.25) is 17.7 Å². The van der Waals surface area contributed by atoms with E-state index in [4.69, 9.17) is 15.2 Å². The van der Waals surface area contributed by atoms with Gasteiger partial charge in [0.25, 0.3) is 0 Å². The number of likely N-dealkylation sites (tertiary alicyclic amines) is 1. The van der Waals surface area contributed by atoms with Crippen LogP contribution in [-0.2, 0) is 30.5 Å². The summed E-state index contributed by atoms with van der Waals surface area (Å²) in [5, 5.41) is 2.40. The molecule has 11 heteroatoms. The summed E-state index contributed by atoms with van der Waals surface area (Å²) in [4.78, 5) is 61.8. The molecule has 0 saturated carbocycles. The standard InChI is InChI=1S/C23H22IN3O7/c24-16-12-15(25)6-8-18(16)34-22(31)17(7-9-19(28)27-20(29)10-11-21(27)30)26-23(32)33-13-14-4-2-1-3-5-14/h1-6,8,12,17H,7,9-11,13,25H2,(H,26,32)/t17-/m0/s1. The molecule has 3 N–H and O–H groups in total. The number of esters is 1. The predicted molar refractivity (Wildman–Crippen MR) is 128 cm³/mol. The summed E-state index contributed by atoms with van der Waals surface area (Å²) in [6, 6.07) is 12.3. The number of imide groups is 3. The summed E-state index contributed by atoms with van der Waals surface area (Å²) in [5.74, 6) is -2.53. The number of anilines is 1. The highest BCUT2D eigenvalue weighted by Gasteiger charge is 2.35. The van der Waals surface area contributed by atoms with Gasteiger partial charge in [-0.3, -0.25) is 14.4 Å². The number of alkyl carbamates (subject to hydrolysis) is 1. The van der Waals surface area contributed by atoms with Crippen molar-refractivity contribution >= 4 is 58.1 Å². The lowest BCUT2D eigenvalue weighted by molar-refractivity contribution is -0.149. The fourth-order valence-electron chi connectivity index (χ4n) is 3.17. The smallest absolute Gasteiger partial charge is 0.408 e. The van der Waals surface area contributed by atoms with Gasteiger partial charge in [-0.2, -0.15) is 0 Å². The van der Waals surface area contributed by atoms with Gasteiger partial charge in [-0.05, 0) is 52.8 Å². The van der Waals surface area contributed by atoms with Crippen molar-refractivity contribution in [3.05, 3.63) is 57.7 Å². The van der Waals surface area contributed by atoms with E-state index in [0.29, 0.717) is 14.2 Å². The van der Waals surface area contributed by atoms with Crippen LogP contribution in [0.15, 0.2) is 48.5 Å². The zero-order valence-electron chi connectivity index (χ0n) is 18.0. The maximum Gasteiger partial charge on any atom is 0.408 e. The largest absolute Gasteiger partial charge is 0.445 e. The van der Waals surface area contributed by atoms with Gasteiger partial charge in [0.15, 0.2) is 0 Å². The number of nitrogens with zero attached hydrogens (tertiary/aromatic N) is 1. The quantitative estimate of drug-likeness (QED) is 0.160. The topological polar surface area (TPSA) is 145 Å². The lowest BCUT2D eigenvalue weighted by Crippen LogP contribution is -2.44. The van der Waals surface area contributed by atoms with E-state index in [1.807, 2.05) is 28.7 Å². The highest BCUT2D eigenvalue weighted by Crippen LogP contribution is 2.24. The minimum absolute atomic E-state index is 0.0278. The predicted octanol–water partition coefficient (Wildman–Crippen LogP) is 2.53. The van der Waals surface area contributed by atoms with Crippen LogP contribution in [0, 0.1) is 3.57 Å². The maximum absolute atomic E-state index is 12.8. The molecular weight excluding hydrogens is 557 g/mol. The summed E-state index contributed by atoms with van der Waals surface area (Å²) >= 11 is 1.95. The molecule has 0 unspecified atom stereocenters. The van der Waals surface area contributed by atoms with E-state index in [9.17, 15) is 24.0 Å². The molecule has 0 aromatic heterocycles. The molecule has 178 valence electrons. The minimum Gasteiger partial charge on any atom is -0.445 e. The monoisotopic (exact) mass is 579 g/mol. The second-order valence-electron chi connectivity index (χ2n) is 7.42. The van der Waals surface area contributed by atoms with Crippen molar-refractivity contribution < 1.29 is 33.4 Å². The molecule has 34 heavy (non-hydrogen) atoms. The number of carbonyl (C=O) groups is 5. The van der Waals surface area contributed by atoms with Crippen LogP contribution in [0.1, 0.15) is 31.2 Å². The van der Waals surface area contributed by atoms with Crippen molar-refractivity contribution in [3.8, 4) is 5.75 Å². The maximum atomic E-state index is 12.8. The summed E-state index contributed by atoms with van der Waals surface area (Å²) in [6.45, 7) is -0.0278. The fourth-order valence-corrected chi connectivity index (χ4v) is 3.82. The van der Waals surface area contributed by atoms with Gasteiger partial charge < -0.3 is 20.5 Å². The van der Waals surface area contributed by atoms with Crippen molar-refractivity contribution in [1.82, 2.24) is 10.2 Å². The van der Waals surface area contributed by atoms with E-state index >= 15 is 0 Å². The Labute approximate surface area is 208 Å². The first-order valence-corrected chi connectivity index (χ1v) is 11.4. The number of carbonyl (C=O) groups excluding carboxylic acids is 5. The van der Waals surface area contributed by atoms with Crippen molar-refractivity contribution in [2.75, 3.05) is 5.73 Å². The Morgan fingerprint density at radius 1 is 1.06 bits per heavy atom. The first kappa shape index (κ1) is 25.1. The molecule has 1 atom stereocenters. The van der Waals surface area contributed by atoms with Gasteiger partial charge >= 0.3 is 12.1 Å². The molecule has 4 amide bonds. The lowest BCUT2D eigenvalue weighted by Gasteiger charge is -2.19. The zero-order chi connectivity index (χ0) is 24.7. The van der Waals surface area contributed by atoms with Crippen LogP contribution in [0.4, 0.5) is 10.5 Å². The van der Waals surface area contributed by atoms with Crippen LogP contribution < -0.4 is 15.8 Å². The molecule has 0 aliphatic carbocycles. The van der Waals surface area contributed by atoms with Gasteiger partial charge in [0.1, 0.15) is 18.4 Å². The third kappa shape index (κ3) is 6.76. The van der Waals surface area contributed by atoms with Crippen LogP contribution in [0.25, 0.3) is 0 Å². The van der Waals surface area contributed by atoms with E-state index in [0.717, 1.165) is 5.56 Å². The highest BCUT2D eigenvalue weighted by atomic mass is 127. The SMILES string of the molecule is Nc1ccc(OC(=O)[C@H](CCC(=O)N2C(=O)CCC2=O)NC(=O)OCc2ccccc2)c(I)c1. The Bertz CT molecular complexity index is 1090. The second kappa shape index (κ2) is 11.6. The van der Waals surface area contributed by atoms with Crippen molar-refractivity contribution in [2.45, 2.75) is 38.3 Å². The third-order valence-corrected chi connectivity index (χ3v) is 5.75. The molecule has 1 fully saturated rings. The molecule has 1 saturated heterocycles. The average molecular weight is 579 g/mol. The molecule has 0 radical (unpaired) electrons. The number of hydrogen-bond donors (Lipinski definition) is 2. The molecule has 10 nitrogen and oxygen atoms in total. The Hall–Kier alpha value is -3.48. The number of ether oxygens (including phenoxy) is 2. The Balaban J connectivity index is 1.67. The molecule has 1 aliphatic rings. The van der Waals surface area contributed by atoms with Gasteiger partial charge in [-0.1, -0.05) is 30.3 Å². The van der Waals surface area contributed by atoms with E-state index in [2.05, 4.69) is 5.32 Å². The third-order valence-electron chi connectivity index (χ3n) is 4.90. The first-order chi connectivity index (χ1) is 16.2.